The van der Waals surface area contributed by atoms with Gasteiger partial charge in [0.1, 0.15) is 0 Å². The fourth-order valence-electron chi connectivity index (χ4n) is 1.49. The highest BCUT2D eigenvalue weighted by Gasteiger charge is 2.06. The van der Waals surface area contributed by atoms with E-state index < -0.39 is 0 Å². The van der Waals surface area contributed by atoms with Crippen molar-refractivity contribution >= 4 is 0 Å². The highest BCUT2D eigenvalue weighted by molar-refractivity contribution is 5.43. The van der Waals surface area contributed by atoms with Gasteiger partial charge in [-0.2, -0.15) is 0 Å². The molecule has 0 nitrogen and oxygen atoms in total. The Bertz CT molecular complexity index is 322. The topological polar surface area (TPSA) is 0 Å². The van der Waals surface area contributed by atoms with Crippen LogP contribution in [0.4, 0.5) is 0 Å². The fourth-order valence-corrected chi connectivity index (χ4v) is 1.49. The Morgan fingerprint density at radius 1 is 1.08 bits per heavy atom. The molecule has 0 fully saturated rings. The van der Waals surface area contributed by atoms with E-state index in [-0.39, 0.29) is 0 Å². The van der Waals surface area contributed by atoms with E-state index in [1.165, 1.54) is 11.1 Å². The van der Waals surface area contributed by atoms with Gasteiger partial charge in [0.2, 0.25) is 0 Å². The lowest BCUT2D eigenvalue weighted by molar-refractivity contribution is 0.968. The Balaban J connectivity index is 2.44. The molecule has 0 heterocycles. The van der Waals surface area contributed by atoms with Gasteiger partial charge in [-0.1, -0.05) is 54.2 Å². The summed E-state index contributed by atoms with van der Waals surface area (Å²) >= 11 is 0. The molecule has 0 aromatic carbocycles. The summed E-state index contributed by atoms with van der Waals surface area (Å²) in [7, 11) is 0. The monoisotopic (exact) mass is 156 g/mol. The first-order valence-electron chi connectivity index (χ1n) is 4.28. The summed E-state index contributed by atoms with van der Waals surface area (Å²) in [6.45, 7) is 2.17. The molecule has 0 N–H and O–H groups in total. The van der Waals surface area contributed by atoms with Crippen LogP contribution < -0.4 is 0 Å². The van der Waals surface area contributed by atoms with Crippen LogP contribution in [0, 0.1) is 5.92 Å². The molecule has 0 radical (unpaired) electrons. The second-order valence-electron chi connectivity index (χ2n) is 3.21. The molecule has 0 aromatic rings. The van der Waals surface area contributed by atoms with E-state index in [4.69, 9.17) is 0 Å². The molecule has 2 aliphatic rings. The van der Waals surface area contributed by atoms with Crippen molar-refractivity contribution in [2.45, 2.75) is 6.92 Å². The third kappa shape index (κ3) is 1.33. The Labute approximate surface area is 73.3 Å². The number of rotatable bonds is 0. The molecule has 1 unspecified atom stereocenters. The standard InChI is InChI=1S/C12H12/c1-10-5-4-7-11-6-2-3-8-12(10)9-11/h2-9,12H,1H3. The Morgan fingerprint density at radius 3 is 2.83 bits per heavy atom. The van der Waals surface area contributed by atoms with E-state index in [2.05, 4.69) is 55.5 Å². The summed E-state index contributed by atoms with van der Waals surface area (Å²) in [5.74, 6) is 0.491. The Hall–Kier alpha value is -1.30. The van der Waals surface area contributed by atoms with Gasteiger partial charge in [0.05, 0.1) is 0 Å². The van der Waals surface area contributed by atoms with Crippen LogP contribution in [0.15, 0.2) is 59.8 Å². The van der Waals surface area contributed by atoms with Crippen molar-refractivity contribution < 1.29 is 0 Å². The summed E-state index contributed by atoms with van der Waals surface area (Å²) in [5.41, 5.74) is 2.71. The van der Waals surface area contributed by atoms with Crippen LogP contribution in [0.3, 0.4) is 0 Å². The number of allylic oxidation sites excluding steroid dienone is 10. The average Bonchev–Trinajstić information content (AvgIpc) is 2.38. The minimum atomic E-state index is 0.491. The molecular weight excluding hydrogens is 144 g/mol. The molecule has 2 aliphatic carbocycles. The van der Waals surface area contributed by atoms with Crippen molar-refractivity contribution in [1.29, 1.82) is 0 Å². The molecule has 0 aromatic heterocycles. The van der Waals surface area contributed by atoms with Crippen molar-refractivity contribution in [3.63, 3.8) is 0 Å². The van der Waals surface area contributed by atoms with Crippen molar-refractivity contribution in [1.82, 2.24) is 0 Å². The number of hydrogen-bond donors (Lipinski definition) is 0. The van der Waals surface area contributed by atoms with E-state index in [1.807, 2.05) is 0 Å². The number of hydrogen-bond acceptors (Lipinski definition) is 0. The van der Waals surface area contributed by atoms with E-state index in [9.17, 15) is 0 Å². The largest absolute Gasteiger partial charge is 0.0735 e. The molecule has 2 rings (SSSR count). The van der Waals surface area contributed by atoms with E-state index >= 15 is 0 Å². The van der Waals surface area contributed by atoms with Gasteiger partial charge in [-0.15, -0.1) is 0 Å². The van der Waals surface area contributed by atoms with Gasteiger partial charge in [0, 0.05) is 5.92 Å². The van der Waals surface area contributed by atoms with Crippen LogP contribution in [-0.4, -0.2) is 0 Å². The molecule has 0 amide bonds. The summed E-state index contributed by atoms with van der Waals surface area (Å²) in [6.07, 6.45) is 17.3. The first-order chi connectivity index (χ1) is 5.86. The van der Waals surface area contributed by atoms with E-state index in [0.717, 1.165) is 0 Å². The van der Waals surface area contributed by atoms with Crippen LogP contribution in [-0.2, 0) is 0 Å². The summed E-state index contributed by atoms with van der Waals surface area (Å²) < 4.78 is 0. The summed E-state index contributed by atoms with van der Waals surface area (Å²) in [5, 5.41) is 0. The molecule has 2 bridgehead atoms. The molecular formula is C12H12. The molecule has 12 heavy (non-hydrogen) atoms. The SMILES string of the molecule is CC1=CC=CC2=CC1C=CC=C2. The van der Waals surface area contributed by atoms with Gasteiger partial charge in [-0.05, 0) is 12.5 Å². The molecule has 0 aliphatic heterocycles. The van der Waals surface area contributed by atoms with Gasteiger partial charge in [0.15, 0.2) is 0 Å². The van der Waals surface area contributed by atoms with Crippen LogP contribution in [0.25, 0.3) is 0 Å². The molecule has 0 spiro atoms. The summed E-state index contributed by atoms with van der Waals surface area (Å²) in [4.78, 5) is 0. The zero-order chi connectivity index (χ0) is 8.39. The first kappa shape index (κ1) is 7.35. The third-order valence-corrected chi connectivity index (χ3v) is 2.26. The van der Waals surface area contributed by atoms with Crippen molar-refractivity contribution in [3.05, 3.63) is 59.8 Å². The Kier molecular flexibility index (Phi) is 1.83. The van der Waals surface area contributed by atoms with E-state index in [1.54, 1.807) is 0 Å². The van der Waals surface area contributed by atoms with Crippen molar-refractivity contribution in [2.24, 2.45) is 5.92 Å². The van der Waals surface area contributed by atoms with Gasteiger partial charge in [-0.3, -0.25) is 0 Å². The maximum Gasteiger partial charge on any atom is 0.0169 e. The first-order valence-corrected chi connectivity index (χ1v) is 4.28. The highest BCUT2D eigenvalue weighted by atomic mass is 14.1. The van der Waals surface area contributed by atoms with Crippen molar-refractivity contribution in [3.8, 4) is 0 Å². The maximum absolute atomic E-state index is 2.29. The van der Waals surface area contributed by atoms with Gasteiger partial charge in [0.25, 0.3) is 0 Å². The zero-order valence-corrected chi connectivity index (χ0v) is 7.20. The third-order valence-electron chi connectivity index (χ3n) is 2.26. The van der Waals surface area contributed by atoms with Crippen LogP contribution >= 0.6 is 0 Å². The van der Waals surface area contributed by atoms with Crippen LogP contribution in [0.5, 0.6) is 0 Å². The summed E-state index contributed by atoms with van der Waals surface area (Å²) in [6, 6.07) is 0. The minimum absolute atomic E-state index is 0.491. The minimum Gasteiger partial charge on any atom is -0.0735 e. The van der Waals surface area contributed by atoms with E-state index in [0.29, 0.717) is 5.92 Å². The van der Waals surface area contributed by atoms with Crippen LogP contribution in [0.1, 0.15) is 6.92 Å². The predicted octanol–water partition coefficient (Wildman–Crippen LogP) is 3.17. The average molecular weight is 156 g/mol. The smallest absolute Gasteiger partial charge is 0.0169 e. The second-order valence-corrected chi connectivity index (χ2v) is 3.21. The van der Waals surface area contributed by atoms with Gasteiger partial charge in [-0.25, -0.2) is 0 Å². The van der Waals surface area contributed by atoms with Gasteiger partial charge < -0.3 is 0 Å². The zero-order valence-electron chi connectivity index (χ0n) is 7.20. The Morgan fingerprint density at radius 2 is 1.92 bits per heavy atom. The highest BCUT2D eigenvalue weighted by Crippen LogP contribution is 2.22. The molecule has 0 saturated carbocycles. The molecule has 0 saturated heterocycles. The normalized spacial score (nSPS) is 25.9. The molecule has 1 atom stereocenters. The number of fused-ring (bicyclic) bond motifs is 1. The maximum atomic E-state index is 2.29. The van der Waals surface area contributed by atoms with Crippen molar-refractivity contribution in [2.75, 3.05) is 0 Å². The van der Waals surface area contributed by atoms with Gasteiger partial charge >= 0.3 is 0 Å². The lowest BCUT2D eigenvalue weighted by Crippen LogP contribution is -1.92. The fraction of sp³-hybridized carbons (Fsp3) is 0.167. The molecule has 0 heteroatoms. The second kappa shape index (κ2) is 2.98. The lowest BCUT2D eigenvalue weighted by Gasteiger charge is -2.05. The lowest BCUT2D eigenvalue weighted by atomic mass is 9.99. The van der Waals surface area contributed by atoms with Crippen LogP contribution in [0.2, 0.25) is 0 Å². The molecule has 60 valence electrons. The quantitative estimate of drug-likeness (QED) is 0.505. The predicted molar refractivity (Wildman–Crippen MR) is 52.8 cm³/mol.